The van der Waals surface area contributed by atoms with Crippen molar-refractivity contribution >= 4 is 21.9 Å². The first kappa shape index (κ1) is 104. The molecule has 13 heteroatoms. The average Bonchev–Trinajstić information content (AvgIpc) is 1.62. The predicted octanol–water partition coefficient (Wildman–Crippen LogP) is 30.0. The molecule has 0 fully saturated rings. The van der Waals surface area contributed by atoms with E-state index >= 15 is 0 Å². The van der Waals surface area contributed by atoms with Crippen molar-refractivity contribution in [1.82, 2.24) is 39.9 Å². The van der Waals surface area contributed by atoms with Crippen LogP contribution >= 0.6 is 0 Å². The summed E-state index contributed by atoms with van der Waals surface area (Å²) in [5.74, 6) is 0.677. The fourth-order valence-corrected chi connectivity index (χ4v) is 13.6. The molecule has 0 spiro atoms. The van der Waals surface area contributed by atoms with Gasteiger partial charge in [0.2, 0.25) is 0 Å². The number of nitrogens with zero attached hydrogens (tertiary/aromatic N) is 8. The van der Waals surface area contributed by atoms with Crippen LogP contribution < -0.4 is 0 Å². The van der Waals surface area contributed by atoms with E-state index in [-0.39, 0.29) is 91.3 Å². The molecule has 0 aliphatic rings. The minimum Gasteiger partial charge on any atom is -0.501 e. The molecule has 672 valence electrons. The zero-order chi connectivity index (χ0) is 89.8. The van der Waals surface area contributed by atoms with Gasteiger partial charge >= 0.3 is 0 Å². The fourth-order valence-electron chi connectivity index (χ4n) is 13.6. The maximum atomic E-state index is 5.97. The summed E-state index contributed by atoms with van der Waals surface area (Å²) in [7, 11) is 0. The van der Waals surface area contributed by atoms with Gasteiger partial charge in [0, 0.05) is 135 Å². The maximum Gasteiger partial charge on any atom is 0.120 e. The summed E-state index contributed by atoms with van der Waals surface area (Å²) in [6.45, 7) is 21.8. The SMILES string of the molecule is CC(C)(C)c1ccnc(-c2[c-]ccc(-c3ccccc3)c2)c1.CC(C)(C)c1ccnc(-c2[c-]cccc2)c1.CC(C)Cc1ccc(-c2[c-]cccc2)nc1.Cc1ccc(-c2[c-]ccc(-c3ccccc3)c2)nc1.Cc1ccc(-c2[c-]cccc2)nc1.[Ir].[Ir].[Ir].[Ir].[c-]1ccc2c(oc3ccccc32)c1-c1ccccn1.[c-]1ccccc1-c1ccccn1.[c-]1ccccc1-c1ccccn1. The number of furan rings is 1. The molecule has 9 aromatic heterocycles. The van der Waals surface area contributed by atoms with Crippen LogP contribution in [0.2, 0.25) is 0 Å². The molecule has 0 amide bonds. The van der Waals surface area contributed by atoms with Crippen LogP contribution in [-0.2, 0) is 97.7 Å². The number of aryl methyl sites for hydroxylation is 2. The van der Waals surface area contributed by atoms with E-state index in [0.29, 0.717) is 5.92 Å². The van der Waals surface area contributed by atoms with E-state index in [1.165, 1.54) is 50.1 Å². The number of rotatable bonds is 12. The molecule has 11 aromatic carbocycles. The van der Waals surface area contributed by atoms with Crippen molar-refractivity contribution in [3.05, 3.63) is 496 Å². The average molecular weight is 2440 g/mol. The first-order valence-corrected chi connectivity index (χ1v) is 43.2. The van der Waals surface area contributed by atoms with Crippen LogP contribution in [0.3, 0.4) is 0 Å². The fraction of sp³-hybridized carbons (Fsp3) is 0.117. The van der Waals surface area contributed by atoms with Crippen LogP contribution in [-0.4, -0.2) is 39.9 Å². The Morgan fingerprint density at radius 3 is 0.992 bits per heavy atom. The first-order valence-electron chi connectivity index (χ1n) is 43.2. The Hall–Kier alpha value is -13.0. The Labute approximate surface area is 839 Å². The molecular formula is C120H102Ir4N8O-8. The van der Waals surface area contributed by atoms with Crippen LogP contribution in [0.15, 0.2) is 424 Å². The van der Waals surface area contributed by atoms with E-state index < -0.39 is 0 Å². The largest absolute Gasteiger partial charge is 0.501 e. The van der Waals surface area contributed by atoms with E-state index in [4.69, 9.17) is 4.42 Å². The second-order valence-electron chi connectivity index (χ2n) is 32.9. The van der Waals surface area contributed by atoms with Gasteiger partial charge in [-0.25, -0.2) is 0 Å². The number of pyridine rings is 8. The van der Waals surface area contributed by atoms with Crippen LogP contribution in [0.1, 0.15) is 83.2 Å². The Bertz CT molecular complexity index is 6560. The van der Waals surface area contributed by atoms with Gasteiger partial charge in [-0.15, -0.1) is 268 Å². The molecule has 4 radical (unpaired) electrons. The van der Waals surface area contributed by atoms with E-state index in [2.05, 4.69) is 271 Å². The predicted molar refractivity (Wildman–Crippen MR) is 532 cm³/mol. The molecule has 9 heterocycles. The van der Waals surface area contributed by atoms with Crippen molar-refractivity contribution in [2.75, 3.05) is 0 Å². The normalized spacial score (nSPS) is 10.3. The summed E-state index contributed by atoms with van der Waals surface area (Å²) in [5.41, 5.74) is 29.0. The van der Waals surface area contributed by atoms with Gasteiger partial charge < -0.3 is 44.3 Å². The minimum absolute atomic E-state index is 0. The van der Waals surface area contributed by atoms with Crippen LogP contribution in [0.4, 0.5) is 0 Å². The van der Waals surface area contributed by atoms with Gasteiger partial charge in [-0.05, 0) is 158 Å². The molecule has 0 atom stereocenters. The summed E-state index contributed by atoms with van der Waals surface area (Å²) >= 11 is 0. The third-order valence-corrected chi connectivity index (χ3v) is 20.4. The maximum absolute atomic E-state index is 5.97. The van der Waals surface area contributed by atoms with Crippen molar-refractivity contribution in [2.24, 2.45) is 5.92 Å². The molecule has 0 aliphatic carbocycles. The van der Waals surface area contributed by atoms with E-state index in [1.807, 2.05) is 287 Å². The van der Waals surface area contributed by atoms with Gasteiger partial charge in [0.05, 0.1) is 5.58 Å². The molecule has 20 aromatic rings. The zero-order valence-corrected chi connectivity index (χ0v) is 85.5. The molecule has 133 heavy (non-hydrogen) atoms. The number of para-hydroxylation sites is 1. The third-order valence-electron chi connectivity index (χ3n) is 20.4. The Morgan fingerprint density at radius 2 is 0.609 bits per heavy atom. The van der Waals surface area contributed by atoms with Gasteiger partial charge in [0.25, 0.3) is 0 Å². The van der Waals surface area contributed by atoms with Crippen molar-refractivity contribution < 1.29 is 84.8 Å². The standard InChI is InChI=1S/C21H20N.C18H14N.C17H10NO.2C15H16N.C12H10N.2C11H8N.4Ir/c1-21(2,3)19-12-13-22-20(15-19)18-11-7-10-17(14-18)16-8-5-4-6-9-16;1-14-10-11-18(19-13-14)17-9-5-8-16(12-17)15-6-3-2-4-7-15;1-2-10-16-12(6-1)13-7-5-8-14(17(13)19-16)15-9-3-4-11-18-15;1-15(2,3)13-9-10-16-14(11-13)12-7-5-4-6-8-12;1-12(2)10-13-8-9-15(16-11-13)14-6-4-3-5-7-14;1-10-7-8-12(13-9-10)11-5-3-2-4-6-11;2*1-2-6-10(7-3-1)11-8-4-5-9-12-11;;;;/h4-10,12-15H,1-3H3;2-8,10-13H,1H3;1-7,9-11H;4-7,9-11H,1-3H3;3-6,8-9,11-12H,10H2,1-2H3;2-5,7-9H,1H3;2*1-6,8-9H;;;;/q8*-1;;;;. The van der Waals surface area contributed by atoms with Crippen molar-refractivity contribution in [3.8, 4) is 112 Å². The molecule has 0 bridgehead atoms. The quantitative estimate of drug-likeness (QED) is 0.110. The summed E-state index contributed by atoms with van der Waals surface area (Å²) in [4.78, 5) is 35.0. The third kappa shape index (κ3) is 31.9. The number of fused-ring (bicyclic) bond motifs is 3. The molecule has 0 saturated carbocycles. The molecule has 20 rings (SSSR count). The topological polar surface area (TPSA) is 116 Å². The van der Waals surface area contributed by atoms with Crippen molar-refractivity contribution in [3.63, 3.8) is 0 Å². The Morgan fingerprint density at radius 1 is 0.263 bits per heavy atom. The second kappa shape index (κ2) is 53.5. The van der Waals surface area contributed by atoms with Gasteiger partial charge in [0.15, 0.2) is 0 Å². The Kier molecular flexibility index (Phi) is 41.7. The second-order valence-corrected chi connectivity index (χ2v) is 32.9. The van der Waals surface area contributed by atoms with E-state index in [0.717, 1.165) is 118 Å². The van der Waals surface area contributed by atoms with Crippen LogP contribution in [0.25, 0.3) is 134 Å². The zero-order valence-electron chi connectivity index (χ0n) is 75.9. The molecular weight excluding hydrogens is 2340 g/mol. The smallest absolute Gasteiger partial charge is 0.120 e. The van der Waals surface area contributed by atoms with E-state index in [1.54, 1.807) is 18.6 Å². The van der Waals surface area contributed by atoms with Crippen molar-refractivity contribution in [1.29, 1.82) is 0 Å². The first-order chi connectivity index (χ1) is 62.9. The monoisotopic (exact) mass is 2440 g/mol. The summed E-state index contributed by atoms with van der Waals surface area (Å²) in [5, 5.41) is 2.23. The van der Waals surface area contributed by atoms with Crippen LogP contribution in [0, 0.1) is 68.3 Å². The van der Waals surface area contributed by atoms with Gasteiger partial charge in [-0.3, -0.25) is 0 Å². The Balaban J connectivity index is 0.000000171. The van der Waals surface area contributed by atoms with Crippen LogP contribution in [0.5, 0.6) is 0 Å². The minimum atomic E-state index is 0. The molecule has 0 N–H and O–H groups in total. The summed E-state index contributed by atoms with van der Waals surface area (Å²) < 4.78 is 5.97. The molecule has 0 unspecified atom stereocenters. The number of benzene rings is 11. The molecule has 0 saturated heterocycles. The number of hydrogen-bond acceptors (Lipinski definition) is 9. The summed E-state index contributed by atoms with van der Waals surface area (Å²) in [6.07, 6.45) is 15.9. The van der Waals surface area contributed by atoms with Gasteiger partial charge in [-0.1, -0.05) is 230 Å². The van der Waals surface area contributed by atoms with E-state index in [9.17, 15) is 0 Å². The van der Waals surface area contributed by atoms with Gasteiger partial charge in [-0.2, -0.15) is 0 Å². The van der Waals surface area contributed by atoms with Gasteiger partial charge in [0.1, 0.15) is 5.58 Å². The van der Waals surface area contributed by atoms with Crippen molar-refractivity contribution in [2.45, 2.75) is 86.5 Å². The molecule has 9 nitrogen and oxygen atoms in total. The number of hydrogen-bond donors (Lipinski definition) is 0. The number of aromatic nitrogens is 8. The molecule has 0 aliphatic heterocycles. The summed E-state index contributed by atoms with van der Waals surface area (Å²) in [6, 6.07) is 149.